The van der Waals surface area contributed by atoms with Gasteiger partial charge < -0.3 is 5.11 Å². The van der Waals surface area contributed by atoms with E-state index in [9.17, 15) is 19.5 Å². The van der Waals surface area contributed by atoms with Crippen LogP contribution >= 0.6 is 0 Å². The minimum atomic E-state index is -3.39. The minimum Gasteiger partial charge on any atom is -0.464 e. The number of nitrogens with zero attached hydrogens (tertiary/aromatic N) is 5. The molecular weight excluding hydrogens is 532 g/mol. The van der Waals surface area contributed by atoms with Gasteiger partial charge in [-0.25, -0.2) is 23.1 Å². The zero-order valence-corrected chi connectivity index (χ0v) is 22.0. The molecule has 2 aromatic heterocycles. The maximum Gasteiger partial charge on any atom is 0.417 e. The number of hydrogen-bond acceptors (Lipinski definition) is 6. The molecule has 11 heteroatoms. The van der Waals surface area contributed by atoms with Crippen molar-refractivity contribution in [3.8, 4) is 0 Å². The van der Waals surface area contributed by atoms with Crippen molar-refractivity contribution in [2.45, 2.75) is 44.2 Å². The molecule has 0 radical (unpaired) electrons. The first-order valence-corrected chi connectivity index (χ1v) is 13.4. The zero-order chi connectivity index (χ0) is 28.7. The summed E-state index contributed by atoms with van der Waals surface area (Å²) in [6.45, 7) is -1.19. The van der Waals surface area contributed by atoms with Gasteiger partial charge in [0.05, 0.1) is 47.0 Å². The van der Waals surface area contributed by atoms with Gasteiger partial charge in [-0.1, -0.05) is 30.3 Å². The monoisotopic (exact) mass is 559 g/mol. The van der Waals surface area contributed by atoms with Crippen molar-refractivity contribution in [3.63, 3.8) is 0 Å². The van der Waals surface area contributed by atoms with Crippen LogP contribution in [0.3, 0.4) is 0 Å². The molecule has 0 spiro atoms. The predicted molar refractivity (Wildman–Crippen MR) is 145 cm³/mol. The second-order valence-electron chi connectivity index (χ2n) is 10.4. The van der Waals surface area contributed by atoms with Crippen LogP contribution in [0.4, 0.5) is 13.6 Å². The average molecular weight is 560 g/mol. The summed E-state index contributed by atoms with van der Waals surface area (Å²) < 4.78 is 32.0. The van der Waals surface area contributed by atoms with Gasteiger partial charge in [0.1, 0.15) is 5.82 Å². The van der Waals surface area contributed by atoms with E-state index in [2.05, 4.69) is 9.97 Å². The number of benzene rings is 2. The van der Waals surface area contributed by atoms with E-state index in [1.807, 2.05) is 12.1 Å². The molecule has 4 aromatic rings. The number of carbonyl (C=O) groups is 3. The van der Waals surface area contributed by atoms with Crippen molar-refractivity contribution in [2.24, 2.45) is 0 Å². The largest absolute Gasteiger partial charge is 0.464 e. The number of rotatable bonds is 8. The molecule has 0 fully saturated rings. The number of fused-ring (bicyclic) bond motifs is 3. The Morgan fingerprint density at radius 1 is 1.02 bits per heavy atom. The number of carbonyl (C=O) groups excluding carboxylic acids is 2. The number of halogens is 2. The van der Waals surface area contributed by atoms with Crippen LogP contribution in [-0.4, -0.2) is 66.4 Å². The molecule has 1 atom stereocenters. The third-order valence-electron chi connectivity index (χ3n) is 7.80. The van der Waals surface area contributed by atoms with Crippen molar-refractivity contribution in [2.75, 3.05) is 13.1 Å². The van der Waals surface area contributed by atoms with Crippen LogP contribution in [0, 0.1) is 0 Å². The van der Waals surface area contributed by atoms with Crippen LogP contribution in [0.5, 0.6) is 0 Å². The molecule has 0 saturated carbocycles. The standard InChI is InChI=1S/C30H27F2N5O4/c31-30(32,18-36-27(38)20-9-1-2-10-21(20)28(36)39)14-16-35(24-13-5-7-19-8-6-15-33-26(19)24)17-25-34-22-11-3-4-12-23(22)37(25)29(40)41/h1-4,6,8-12,15,24H,5,7,13-14,16-18H2,(H,40,41). The normalized spacial score (nSPS) is 16.9. The Bertz CT molecular complexity index is 1630. The van der Waals surface area contributed by atoms with Gasteiger partial charge in [0.15, 0.2) is 0 Å². The highest BCUT2D eigenvalue weighted by Crippen LogP contribution is 2.36. The van der Waals surface area contributed by atoms with Crippen molar-refractivity contribution in [3.05, 3.63) is 95.1 Å². The number of pyridine rings is 1. The molecule has 9 nitrogen and oxygen atoms in total. The Morgan fingerprint density at radius 2 is 1.73 bits per heavy atom. The summed E-state index contributed by atoms with van der Waals surface area (Å²) in [5.74, 6) is -4.64. The summed E-state index contributed by atoms with van der Waals surface area (Å²) in [6, 6.07) is 16.4. The van der Waals surface area contributed by atoms with Crippen LogP contribution in [-0.2, 0) is 13.0 Å². The molecule has 0 bridgehead atoms. The van der Waals surface area contributed by atoms with Gasteiger partial charge in [-0.05, 0) is 55.2 Å². The van der Waals surface area contributed by atoms with Crippen LogP contribution in [0.1, 0.15) is 63.1 Å². The van der Waals surface area contributed by atoms with Gasteiger partial charge >= 0.3 is 6.09 Å². The van der Waals surface area contributed by atoms with Gasteiger partial charge in [-0.2, -0.15) is 0 Å². The second kappa shape index (κ2) is 10.5. The fraction of sp³-hybridized carbons (Fsp3) is 0.300. The number of para-hydroxylation sites is 2. The topological polar surface area (TPSA) is 109 Å². The number of aromatic nitrogens is 3. The van der Waals surface area contributed by atoms with Gasteiger partial charge in [0.25, 0.3) is 17.7 Å². The maximum atomic E-state index is 15.5. The number of amides is 2. The number of imidazole rings is 1. The minimum absolute atomic E-state index is 0.00917. The number of hydrogen-bond donors (Lipinski definition) is 1. The first-order valence-electron chi connectivity index (χ1n) is 13.4. The Morgan fingerprint density at radius 3 is 2.46 bits per heavy atom. The third kappa shape index (κ3) is 4.97. The fourth-order valence-electron chi connectivity index (χ4n) is 5.86. The maximum absolute atomic E-state index is 15.5. The molecule has 1 N–H and O–H groups in total. The number of carboxylic acid groups (broad SMARTS) is 1. The number of alkyl halides is 2. The molecule has 210 valence electrons. The first-order chi connectivity index (χ1) is 19.7. The predicted octanol–water partition coefficient (Wildman–Crippen LogP) is 5.16. The highest BCUT2D eigenvalue weighted by molar-refractivity contribution is 6.21. The second-order valence-corrected chi connectivity index (χ2v) is 10.4. The molecule has 6 rings (SSSR count). The van der Waals surface area contributed by atoms with Gasteiger partial charge in [0.2, 0.25) is 0 Å². The quantitative estimate of drug-likeness (QED) is 0.297. The molecule has 2 aliphatic rings. The molecular formula is C30H27F2N5O4. The highest BCUT2D eigenvalue weighted by atomic mass is 19.3. The molecule has 1 aliphatic heterocycles. The first kappa shape index (κ1) is 26.7. The van der Waals surface area contributed by atoms with Gasteiger partial charge in [-0.15, -0.1) is 0 Å². The van der Waals surface area contributed by atoms with E-state index in [-0.39, 0.29) is 36.1 Å². The lowest BCUT2D eigenvalue weighted by atomic mass is 9.90. The molecule has 2 aromatic carbocycles. The third-order valence-corrected chi connectivity index (χ3v) is 7.80. The van der Waals surface area contributed by atoms with E-state index in [1.165, 1.54) is 12.1 Å². The van der Waals surface area contributed by atoms with Crippen molar-refractivity contribution < 1.29 is 28.3 Å². The van der Waals surface area contributed by atoms with E-state index < -0.39 is 36.8 Å². The molecule has 2 amide bonds. The zero-order valence-electron chi connectivity index (χ0n) is 22.0. The SMILES string of the molecule is O=C1c2ccccc2C(=O)N1CC(F)(F)CCN(Cc1nc2ccccc2n1C(=O)O)C1CCCc2cccnc21. The van der Waals surface area contributed by atoms with Crippen molar-refractivity contribution >= 4 is 28.9 Å². The molecule has 1 aliphatic carbocycles. The Labute approximate surface area is 234 Å². The average Bonchev–Trinajstić information content (AvgIpc) is 3.45. The van der Waals surface area contributed by atoms with E-state index in [0.29, 0.717) is 22.4 Å². The summed E-state index contributed by atoms with van der Waals surface area (Å²) >= 11 is 0. The fourth-order valence-corrected chi connectivity index (χ4v) is 5.86. The van der Waals surface area contributed by atoms with Crippen LogP contribution < -0.4 is 0 Å². The summed E-state index contributed by atoms with van der Waals surface area (Å²) in [4.78, 5) is 49.2. The molecule has 0 saturated heterocycles. The highest BCUT2D eigenvalue weighted by Gasteiger charge is 2.43. The Hall–Kier alpha value is -4.51. The van der Waals surface area contributed by atoms with Crippen molar-refractivity contribution in [1.82, 2.24) is 24.3 Å². The van der Waals surface area contributed by atoms with E-state index >= 15 is 8.78 Å². The summed E-state index contributed by atoms with van der Waals surface area (Å²) in [6.07, 6.45) is 2.08. The van der Waals surface area contributed by atoms with E-state index in [1.54, 1.807) is 47.5 Å². The lowest BCUT2D eigenvalue weighted by Gasteiger charge is -2.35. The van der Waals surface area contributed by atoms with E-state index in [0.717, 1.165) is 28.7 Å². The van der Waals surface area contributed by atoms with Crippen molar-refractivity contribution in [1.29, 1.82) is 0 Å². The number of imide groups is 1. The lowest BCUT2D eigenvalue weighted by molar-refractivity contribution is -0.0395. The molecule has 3 heterocycles. The summed E-state index contributed by atoms with van der Waals surface area (Å²) in [5, 5.41) is 9.98. The summed E-state index contributed by atoms with van der Waals surface area (Å²) in [7, 11) is 0. The van der Waals surface area contributed by atoms with Crippen LogP contribution in [0.2, 0.25) is 0 Å². The Kier molecular flexibility index (Phi) is 6.82. The lowest BCUT2D eigenvalue weighted by Crippen LogP contribution is -2.43. The van der Waals surface area contributed by atoms with Gasteiger partial charge in [0, 0.05) is 19.2 Å². The summed E-state index contributed by atoms with van der Waals surface area (Å²) in [5.41, 5.74) is 2.94. The van der Waals surface area contributed by atoms with Crippen LogP contribution in [0.15, 0.2) is 66.9 Å². The Balaban J connectivity index is 1.28. The van der Waals surface area contributed by atoms with E-state index in [4.69, 9.17) is 0 Å². The molecule has 1 unspecified atom stereocenters. The number of aryl methyl sites for hydroxylation is 1. The molecule has 41 heavy (non-hydrogen) atoms. The van der Waals surface area contributed by atoms with Crippen LogP contribution in [0.25, 0.3) is 11.0 Å². The van der Waals surface area contributed by atoms with Gasteiger partial charge in [-0.3, -0.25) is 24.4 Å². The smallest absolute Gasteiger partial charge is 0.417 e.